The molecular formula is C24H25FN2O3. The van der Waals surface area contributed by atoms with Crippen LogP contribution in [-0.4, -0.2) is 13.0 Å². The van der Waals surface area contributed by atoms with E-state index >= 15 is 0 Å². The van der Waals surface area contributed by atoms with Crippen LogP contribution in [0.5, 0.6) is 17.2 Å². The van der Waals surface area contributed by atoms with Crippen molar-refractivity contribution in [3.63, 3.8) is 0 Å². The molecular weight excluding hydrogens is 383 g/mol. The molecule has 3 N–H and O–H groups in total. The molecule has 0 spiro atoms. The second-order valence-electron chi connectivity index (χ2n) is 6.87. The van der Waals surface area contributed by atoms with Crippen molar-refractivity contribution in [1.29, 1.82) is 0 Å². The SMILES string of the molecule is CCC1=C(F)C=CC(C(=O)NCc2cccc(Oc3cccc(OC)c3)c2)=C(N)C1. The Labute approximate surface area is 175 Å². The molecule has 0 radical (unpaired) electrons. The molecule has 1 amide bonds. The van der Waals surface area contributed by atoms with E-state index in [1.807, 2.05) is 49.4 Å². The van der Waals surface area contributed by atoms with Gasteiger partial charge in [0.15, 0.2) is 0 Å². The molecule has 2 aromatic carbocycles. The van der Waals surface area contributed by atoms with Crippen LogP contribution in [0.15, 0.2) is 83.4 Å². The minimum absolute atomic E-state index is 0.252. The first-order valence-electron chi connectivity index (χ1n) is 9.73. The smallest absolute Gasteiger partial charge is 0.253 e. The molecule has 0 bridgehead atoms. The van der Waals surface area contributed by atoms with E-state index in [1.165, 1.54) is 12.2 Å². The Bertz CT molecular complexity index is 1020. The van der Waals surface area contributed by atoms with Gasteiger partial charge in [-0.2, -0.15) is 0 Å². The molecule has 30 heavy (non-hydrogen) atoms. The summed E-state index contributed by atoms with van der Waals surface area (Å²) in [5.74, 6) is 1.33. The third-order valence-corrected chi connectivity index (χ3v) is 4.78. The van der Waals surface area contributed by atoms with Crippen molar-refractivity contribution in [2.45, 2.75) is 26.3 Å². The number of amides is 1. The Hall–Kier alpha value is -3.54. The van der Waals surface area contributed by atoms with Crippen LogP contribution in [-0.2, 0) is 11.3 Å². The summed E-state index contributed by atoms with van der Waals surface area (Å²) in [6, 6.07) is 14.7. The van der Waals surface area contributed by atoms with Gasteiger partial charge in [0.1, 0.15) is 23.1 Å². The number of hydrogen-bond donors (Lipinski definition) is 2. The monoisotopic (exact) mass is 408 g/mol. The first-order chi connectivity index (χ1) is 14.5. The van der Waals surface area contributed by atoms with E-state index < -0.39 is 0 Å². The summed E-state index contributed by atoms with van der Waals surface area (Å²) in [5.41, 5.74) is 8.15. The lowest BCUT2D eigenvalue weighted by Gasteiger charge is -2.11. The van der Waals surface area contributed by atoms with Gasteiger partial charge in [-0.05, 0) is 54.0 Å². The lowest BCUT2D eigenvalue weighted by Crippen LogP contribution is -2.26. The van der Waals surface area contributed by atoms with Crippen LogP contribution in [0.3, 0.4) is 0 Å². The lowest BCUT2D eigenvalue weighted by atomic mass is 10.1. The zero-order valence-corrected chi connectivity index (χ0v) is 17.1. The highest BCUT2D eigenvalue weighted by Gasteiger charge is 2.16. The minimum atomic E-state index is -0.340. The van der Waals surface area contributed by atoms with Crippen LogP contribution in [0.1, 0.15) is 25.3 Å². The fourth-order valence-electron chi connectivity index (χ4n) is 3.10. The summed E-state index contributed by atoms with van der Waals surface area (Å²) in [5, 5.41) is 2.84. The zero-order chi connectivity index (χ0) is 21.5. The van der Waals surface area contributed by atoms with Crippen molar-refractivity contribution in [2.75, 3.05) is 7.11 Å². The summed E-state index contributed by atoms with van der Waals surface area (Å²) in [6.45, 7) is 2.15. The molecule has 5 nitrogen and oxygen atoms in total. The van der Waals surface area contributed by atoms with Crippen LogP contribution < -0.4 is 20.5 Å². The summed E-state index contributed by atoms with van der Waals surface area (Å²) in [4.78, 5) is 12.6. The molecule has 0 unspecified atom stereocenters. The molecule has 0 aromatic heterocycles. The number of nitrogens with two attached hydrogens (primary N) is 1. The van der Waals surface area contributed by atoms with Gasteiger partial charge in [0.05, 0.1) is 12.7 Å². The van der Waals surface area contributed by atoms with E-state index in [2.05, 4.69) is 5.32 Å². The van der Waals surface area contributed by atoms with Crippen molar-refractivity contribution >= 4 is 5.91 Å². The highest BCUT2D eigenvalue weighted by atomic mass is 19.1. The minimum Gasteiger partial charge on any atom is -0.497 e. The molecule has 0 aliphatic heterocycles. The second kappa shape index (κ2) is 9.78. The fourth-order valence-corrected chi connectivity index (χ4v) is 3.10. The average Bonchev–Trinajstić information content (AvgIpc) is 2.90. The topological polar surface area (TPSA) is 73.6 Å². The van der Waals surface area contributed by atoms with Crippen molar-refractivity contribution in [1.82, 2.24) is 5.32 Å². The zero-order valence-electron chi connectivity index (χ0n) is 17.1. The molecule has 0 saturated heterocycles. The van der Waals surface area contributed by atoms with Gasteiger partial charge in [0.2, 0.25) is 0 Å². The predicted octanol–water partition coefficient (Wildman–Crippen LogP) is 4.91. The molecule has 3 rings (SSSR count). The number of benzene rings is 2. The van der Waals surface area contributed by atoms with Gasteiger partial charge in [0.25, 0.3) is 5.91 Å². The van der Waals surface area contributed by atoms with E-state index in [1.54, 1.807) is 13.2 Å². The molecule has 0 saturated carbocycles. The number of hydrogen-bond acceptors (Lipinski definition) is 4. The summed E-state index contributed by atoms with van der Waals surface area (Å²) >= 11 is 0. The largest absolute Gasteiger partial charge is 0.497 e. The van der Waals surface area contributed by atoms with Crippen LogP contribution in [0.2, 0.25) is 0 Å². The van der Waals surface area contributed by atoms with Crippen LogP contribution in [0, 0.1) is 0 Å². The average molecular weight is 408 g/mol. The predicted molar refractivity (Wildman–Crippen MR) is 115 cm³/mol. The Morgan fingerprint density at radius 2 is 1.80 bits per heavy atom. The van der Waals surface area contributed by atoms with Gasteiger partial charge in [0, 0.05) is 24.7 Å². The Morgan fingerprint density at radius 1 is 1.10 bits per heavy atom. The molecule has 6 heteroatoms. The quantitative estimate of drug-likeness (QED) is 0.683. The van der Waals surface area contributed by atoms with Gasteiger partial charge < -0.3 is 20.5 Å². The summed E-state index contributed by atoms with van der Waals surface area (Å²) in [7, 11) is 1.60. The Morgan fingerprint density at radius 3 is 2.53 bits per heavy atom. The second-order valence-corrected chi connectivity index (χ2v) is 6.87. The van der Waals surface area contributed by atoms with Crippen molar-refractivity contribution in [3.05, 3.63) is 88.9 Å². The van der Waals surface area contributed by atoms with E-state index in [9.17, 15) is 9.18 Å². The van der Waals surface area contributed by atoms with Crippen LogP contribution in [0.25, 0.3) is 0 Å². The first-order valence-corrected chi connectivity index (χ1v) is 9.73. The molecule has 0 fully saturated rings. The highest BCUT2D eigenvalue weighted by Crippen LogP contribution is 2.26. The molecule has 1 aliphatic rings. The maximum absolute atomic E-state index is 14.0. The maximum atomic E-state index is 14.0. The number of halogens is 1. The van der Waals surface area contributed by atoms with Gasteiger partial charge in [-0.3, -0.25) is 4.79 Å². The lowest BCUT2D eigenvalue weighted by molar-refractivity contribution is -0.117. The number of carbonyl (C=O) groups excluding carboxylic acids is 1. The fraction of sp³-hybridized carbons (Fsp3) is 0.208. The Balaban J connectivity index is 1.65. The molecule has 1 aliphatic carbocycles. The highest BCUT2D eigenvalue weighted by molar-refractivity contribution is 5.97. The van der Waals surface area contributed by atoms with Gasteiger partial charge >= 0.3 is 0 Å². The van der Waals surface area contributed by atoms with Gasteiger partial charge in [-0.15, -0.1) is 0 Å². The number of rotatable bonds is 7. The molecule has 0 heterocycles. The van der Waals surface area contributed by atoms with E-state index in [-0.39, 0.29) is 30.3 Å². The molecule has 2 aromatic rings. The van der Waals surface area contributed by atoms with Crippen molar-refractivity contribution in [2.24, 2.45) is 5.73 Å². The summed E-state index contributed by atoms with van der Waals surface area (Å²) in [6.07, 6.45) is 3.54. The van der Waals surface area contributed by atoms with Crippen LogP contribution in [0.4, 0.5) is 4.39 Å². The standard InChI is InChI=1S/C24H25FN2O3/c1-3-17-13-23(26)21(10-11-22(17)25)24(28)27-15-16-6-4-8-19(12-16)30-20-9-5-7-18(14-20)29-2/h4-12,14H,3,13,15,26H2,1-2H3,(H,27,28). The summed E-state index contributed by atoms with van der Waals surface area (Å²) < 4.78 is 25.1. The number of ether oxygens (including phenoxy) is 2. The molecule has 0 atom stereocenters. The van der Waals surface area contributed by atoms with E-state index in [4.69, 9.17) is 15.2 Å². The van der Waals surface area contributed by atoms with E-state index in [0.29, 0.717) is 34.9 Å². The van der Waals surface area contributed by atoms with Gasteiger partial charge in [-0.25, -0.2) is 4.39 Å². The first kappa shape index (κ1) is 21.2. The number of carbonyl (C=O) groups is 1. The van der Waals surface area contributed by atoms with E-state index in [0.717, 1.165) is 5.56 Å². The number of methoxy groups -OCH3 is 1. The normalized spacial score (nSPS) is 13.8. The third kappa shape index (κ3) is 5.29. The van der Waals surface area contributed by atoms with Crippen LogP contribution >= 0.6 is 0 Å². The maximum Gasteiger partial charge on any atom is 0.253 e. The van der Waals surface area contributed by atoms with Crippen molar-refractivity contribution in [3.8, 4) is 17.2 Å². The van der Waals surface area contributed by atoms with Gasteiger partial charge in [-0.1, -0.05) is 25.1 Å². The number of nitrogens with one attached hydrogen (secondary N) is 1. The molecule has 156 valence electrons. The van der Waals surface area contributed by atoms with Crippen molar-refractivity contribution < 1.29 is 18.7 Å². The number of allylic oxidation sites excluding steroid dienone is 3. The third-order valence-electron chi connectivity index (χ3n) is 4.78. The Kier molecular flexibility index (Phi) is 6.91.